The number of rotatable bonds is 3. The van der Waals surface area contributed by atoms with E-state index in [0.717, 1.165) is 19.3 Å². The highest BCUT2D eigenvalue weighted by Gasteiger charge is 2.36. The van der Waals surface area contributed by atoms with Crippen LogP contribution in [-0.4, -0.2) is 66.5 Å². The van der Waals surface area contributed by atoms with Crippen molar-refractivity contribution in [3.05, 3.63) is 70.3 Å². The smallest absolute Gasteiger partial charge is 0.253 e. The molecular formula is C25H26N2O5S. The number of carbonyl (C=O) groups is 3. The molecule has 0 bridgehead atoms. The Morgan fingerprint density at radius 2 is 1.33 bits per heavy atom. The third-order valence-corrected chi connectivity index (χ3v) is 9.43. The minimum atomic E-state index is -3.34. The van der Waals surface area contributed by atoms with Gasteiger partial charge < -0.3 is 4.90 Å². The van der Waals surface area contributed by atoms with Gasteiger partial charge in [-0.2, -0.15) is 4.31 Å². The van der Waals surface area contributed by atoms with Crippen molar-refractivity contribution in [2.45, 2.75) is 37.4 Å². The fourth-order valence-electron chi connectivity index (χ4n) is 5.13. The van der Waals surface area contributed by atoms with Crippen LogP contribution >= 0.6 is 0 Å². The molecule has 1 aliphatic heterocycles. The molecular weight excluding hydrogens is 440 g/mol. The molecule has 2 aromatic rings. The van der Waals surface area contributed by atoms with E-state index in [9.17, 15) is 22.8 Å². The van der Waals surface area contributed by atoms with Crippen molar-refractivity contribution >= 4 is 27.5 Å². The van der Waals surface area contributed by atoms with Gasteiger partial charge in [-0.05, 0) is 31.0 Å². The molecule has 33 heavy (non-hydrogen) atoms. The number of benzene rings is 2. The summed E-state index contributed by atoms with van der Waals surface area (Å²) in [6, 6.07) is 11.3. The maximum absolute atomic E-state index is 13.1. The summed E-state index contributed by atoms with van der Waals surface area (Å²) in [5, 5.41) is -0.305. The van der Waals surface area contributed by atoms with Crippen LogP contribution < -0.4 is 0 Å². The molecule has 8 heteroatoms. The molecule has 1 saturated heterocycles. The van der Waals surface area contributed by atoms with Gasteiger partial charge in [-0.15, -0.1) is 0 Å². The van der Waals surface area contributed by atoms with Crippen molar-refractivity contribution in [1.29, 1.82) is 0 Å². The van der Waals surface area contributed by atoms with Gasteiger partial charge in [-0.25, -0.2) is 8.42 Å². The van der Waals surface area contributed by atoms with E-state index in [1.54, 1.807) is 41.3 Å². The van der Waals surface area contributed by atoms with Gasteiger partial charge in [0.05, 0.1) is 5.25 Å². The highest BCUT2D eigenvalue weighted by molar-refractivity contribution is 7.89. The summed E-state index contributed by atoms with van der Waals surface area (Å²) in [6.07, 6.45) is 4.42. The monoisotopic (exact) mass is 466 g/mol. The van der Waals surface area contributed by atoms with E-state index in [-0.39, 0.29) is 41.4 Å². The van der Waals surface area contributed by atoms with Crippen molar-refractivity contribution in [2.24, 2.45) is 0 Å². The zero-order valence-electron chi connectivity index (χ0n) is 18.3. The summed E-state index contributed by atoms with van der Waals surface area (Å²) >= 11 is 0. The molecule has 2 fully saturated rings. The van der Waals surface area contributed by atoms with Crippen molar-refractivity contribution in [1.82, 2.24) is 9.21 Å². The van der Waals surface area contributed by atoms with Crippen LogP contribution in [0.15, 0.2) is 42.5 Å². The minimum absolute atomic E-state index is 0.222. The lowest BCUT2D eigenvalue weighted by Crippen LogP contribution is -2.52. The predicted octanol–water partition coefficient (Wildman–Crippen LogP) is 2.88. The first-order chi connectivity index (χ1) is 15.9. The maximum Gasteiger partial charge on any atom is 0.253 e. The number of hydrogen-bond donors (Lipinski definition) is 0. The van der Waals surface area contributed by atoms with Gasteiger partial charge in [0.25, 0.3) is 5.91 Å². The van der Waals surface area contributed by atoms with Gasteiger partial charge >= 0.3 is 0 Å². The van der Waals surface area contributed by atoms with E-state index in [2.05, 4.69) is 0 Å². The first kappa shape index (κ1) is 22.0. The molecule has 5 rings (SSSR count). The Kier molecular flexibility index (Phi) is 5.66. The predicted molar refractivity (Wildman–Crippen MR) is 123 cm³/mol. The normalized spacial score (nSPS) is 19.8. The molecule has 1 heterocycles. The van der Waals surface area contributed by atoms with Crippen LogP contribution in [0.4, 0.5) is 0 Å². The summed E-state index contributed by atoms with van der Waals surface area (Å²) in [7, 11) is -3.34. The van der Waals surface area contributed by atoms with Gasteiger partial charge in [-0.1, -0.05) is 43.5 Å². The summed E-state index contributed by atoms with van der Waals surface area (Å²) in [4.78, 5) is 40.5. The molecule has 3 aliphatic rings. The zero-order chi connectivity index (χ0) is 23.2. The van der Waals surface area contributed by atoms with Crippen LogP contribution in [0.25, 0.3) is 0 Å². The lowest BCUT2D eigenvalue weighted by molar-refractivity contribution is 0.0696. The number of amides is 1. The lowest BCUT2D eigenvalue weighted by Gasteiger charge is -2.36. The fraction of sp³-hybridized carbons (Fsp3) is 0.400. The molecule has 2 aromatic carbocycles. The average molecular weight is 467 g/mol. The van der Waals surface area contributed by atoms with Crippen molar-refractivity contribution in [3.63, 3.8) is 0 Å². The van der Waals surface area contributed by atoms with Crippen LogP contribution in [0.5, 0.6) is 0 Å². The first-order valence-electron chi connectivity index (χ1n) is 11.5. The molecule has 0 spiro atoms. The molecule has 0 atom stereocenters. The van der Waals surface area contributed by atoms with E-state index in [0.29, 0.717) is 48.2 Å². The van der Waals surface area contributed by atoms with E-state index >= 15 is 0 Å². The molecule has 172 valence electrons. The Bertz CT molecular complexity index is 1240. The molecule has 0 aromatic heterocycles. The van der Waals surface area contributed by atoms with Crippen LogP contribution in [0.1, 0.15) is 74.3 Å². The number of fused-ring (bicyclic) bond motifs is 2. The van der Waals surface area contributed by atoms with Crippen LogP contribution in [0.2, 0.25) is 0 Å². The van der Waals surface area contributed by atoms with Gasteiger partial charge in [0.2, 0.25) is 10.0 Å². The molecule has 1 saturated carbocycles. The van der Waals surface area contributed by atoms with Crippen molar-refractivity contribution in [2.75, 3.05) is 26.2 Å². The van der Waals surface area contributed by atoms with E-state index in [1.807, 2.05) is 0 Å². The van der Waals surface area contributed by atoms with Gasteiger partial charge in [0.1, 0.15) is 0 Å². The Balaban J connectivity index is 1.31. The Hall–Kier alpha value is -2.84. The molecule has 0 radical (unpaired) electrons. The number of piperazine rings is 1. The SMILES string of the molecule is O=C1c2ccccc2C(=O)c2cc(C(=O)N3CCN(S(=O)(=O)C4CCCCC4)CC3)ccc21. The molecule has 7 nitrogen and oxygen atoms in total. The van der Waals surface area contributed by atoms with Crippen molar-refractivity contribution < 1.29 is 22.8 Å². The van der Waals surface area contributed by atoms with Crippen LogP contribution in [-0.2, 0) is 10.0 Å². The Morgan fingerprint density at radius 1 is 0.758 bits per heavy atom. The summed E-state index contributed by atoms with van der Waals surface area (Å²) in [6.45, 7) is 1.16. The van der Waals surface area contributed by atoms with E-state index < -0.39 is 10.0 Å². The number of ketones is 2. The lowest BCUT2D eigenvalue weighted by atomic mass is 9.83. The highest BCUT2D eigenvalue weighted by atomic mass is 32.2. The number of hydrogen-bond acceptors (Lipinski definition) is 5. The average Bonchev–Trinajstić information content (AvgIpc) is 2.87. The zero-order valence-corrected chi connectivity index (χ0v) is 19.1. The second-order valence-corrected chi connectivity index (χ2v) is 11.2. The van der Waals surface area contributed by atoms with Gasteiger partial charge in [0, 0.05) is 54.0 Å². The standard InChI is InChI=1S/C25H26N2O5S/c28-23-19-8-4-5-9-20(19)24(29)22-16-17(10-11-21(22)23)25(30)26-12-14-27(15-13-26)33(31,32)18-6-2-1-3-7-18/h4-5,8-11,16,18H,1-3,6-7,12-15H2. The largest absolute Gasteiger partial charge is 0.336 e. The minimum Gasteiger partial charge on any atom is -0.336 e. The number of carbonyl (C=O) groups excluding carboxylic acids is 3. The quantitative estimate of drug-likeness (QED) is 0.592. The fourth-order valence-corrected chi connectivity index (χ4v) is 7.16. The molecule has 0 N–H and O–H groups in total. The summed E-state index contributed by atoms with van der Waals surface area (Å²) in [5.74, 6) is -0.745. The second-order valence-electron chi connectivity index (χ2n) is 8.96. The maximum atomic E-state index is 13.1. The Morgan fingerprint density at radius 3 is 1.97 bits per heavy atom. The van der Waals surface area contributed by atoms with Crippen LogP contribution in [0, 0.1) is 0 Å². The van der Waals surface area contributed by atoms with Crippen molar-refractivity contribution in [3.8, 4) is 0 Å². The number of sulfonamides is 1. The summed E-state index contributed by atoms with van der Waals surface area (Å²) in [5.41, 5.74) is 1.60. The van der Waals surface area contributed by atoms with E-state index in [1.165, 1.54) is 10.4 Å². The molecule has 2 aliphatic carbocycles. The van der Waals surface area contributed by atoms with E-state index in [4.69, 9.17) is 0 Å². The highest BCUT2D eigenvalue weighted by Crippen LogP contribution is 2.29. The van der Waals surface area contributed by atoms with Crippen LogP contribution in [0.3, 0.4) is 0 Å². The third-order valence-electron chi connectivity index (χ3n) is 7.03. The second kappa shape index (κ2) is 8.50. The molecule has 1 amide bonds. The topological polar surface area (TPSA) is 91.8 Å². The first-order valence-corrected chi connectivity index (χ1v) is 13.0. The van der Waals surface area contributed by atoms with Gasteiger partial charge in [0.15, 0.2) is 11.6 Å². The molecule has 0 unspecified atom stereocenters. The Labute approximate surface area is 193 Å². The third kappa shape index (κ3) is 3.81. The number of nitrogens with zero attached hydrogens (tertiary/aromatic N) is 2. The van der Waals surface area contributed by atoms with Gasteiger partial charge in [-0.3, -0.25) is 14.4 Å². The summed E-state index contributed by atoms with van der Waals surface area (Å²) < 4.78 is 27.5.